The average Bonchev–Trinajstić information content (AvgIpc) is 3.01. The Morgan fingerprint density at radius 2 is 1.93 bits per heavy atom. The topological polar surface area (TPSA) is 17.1 Å². The number of ketones is 1. The van der Waals surface area contributed by atoms with E-state index in [0.717, 1.165) is 12.3 Å². The standard InChI is InChI=1S/C12H20OS/c1-9(11-2-3-11)12(13)8-10-4-6-14-7-5-10/h9-11H,2-8H2,1H3. The predicted octanol–water partition coefficient (Wildman–Crippen LogP) is 3.13. The molecule has 0 bridgehead atoms. The fourth-order valence-corrected chi connectivity index (χ4v) is 3.48. The third-order valence-electron chi connectivity index (χ3n) is 3.67. The molecule has 1 aliphatic carbocycles. The van der Waals surface area contributed by atoms with Gasteiger partial charge in [0.25, 0.3) is 0 Å². The van der Waals surface area contributed by atoms with Gasteiger partial charge in [-0.15, -0.1) is 0 Å². The van der Waals surface area contributed by atoms with Gasteiger partial charge in [0.15, 0.2) is 0 Å². The van der Waals surface area contributed by atoms with Crippen LogP contribution in [0, 0.1) is 17.8 Å². The van der Waals surface area contributed by atoms with E-state index in [2.05, 4.69) is 6.92 Å². The molecule has 1 unspecified atom stereocenters. The maximum Gasteiger partial charge on any atom is 0.136 e. The van der Waals surface area contributed by atoms with Crippen molar-refractivity contribution in [3.05, 3.63) is 0 Å². The van der Waals surface area contributed by atoms with Crippen molar-refractivity contribution in [3.63, 3.8) is 0 Å². The normalized spacial score (nSPS) is 26.1. The molecule has 0 aromatic carbocycles. The van der Waals surface area contributed by atoms with Gasteiger partial charge in [-0.1, -0.05) is 6.92 Å². The molecule has 0 aromatic heterocycles. The number of hydrogen-bond acceptors (Lipinski definition) is 2. The molecule has 1 saturated carbocycles. The van der Waals surface area contributed by atoms with Gasteiger partial charge < -0.3 is 0 Å². The van der Waals surface area contributed by atoms with E-state index < -0.39 is 0 Å². The Bertz CT molecular complexity index is 204. The van der Waals surface area contributed by atoms with E-state index in [-0.39, 0.29) is 0 Å². The summed E-state index contributed by atoms with van der Waals surface area (Å²) in [4.78, 5) is 11.9. The molecule has 2 heteroatoms. The van der Waals surface area contributed by atoms with Gasteiger partial charge in [0, 0.05) is 12.3 Å². The van der Waals surface area contributed by atoms with Gasteiger partial charge in [0.1, 0.15) is 5.78 Å². The van der Waals surface area contributed by atoms with Gasteiger partial charge in [-0.2, -0.15) is 11.8 Å². The van der Waals surface area contributed by atoms with Crippen molar-refractivity contribution in [2.24, 2.45) is 17.8 Å². The molecule has 2 rings (SSSR count). The lowest BCUT2D eigenvalue weighted by molar-refractivity contribution is -0.123. The molecule has 1 heterocycles. The Balaban J connectivity index is 1.74. The van der Waals surface area contributed by atoms with Gasteiger partial charge in [-0.05, 0) is 49.0 Å². The van der Waals surface area contributed by atoms with Crippen molar-refractivity contribution in [1.82, 2.24) is 0 Å². The highest BCUT2D eigenvalue weighted by molar-refractivity contribution is 7.99. The fourth-order valence-electron chi connectivity index (χ4n) is 2.28. The molecule has 80 valence electrons. The zero-order chi connectivity index (χ0) is 9.97. The van der Waals surface area contributed by atoms with Crippen LogP contribution in [0.5, 0.6) is 0 Å². The Labute approximate surface area is 91.0 Å². The minimum Gasteiger partial charge on any atom is -0.299 e. The second kappa shape index (κ2) is 4.69. The van der Waals surface area contributed by atoms with Gasteiger partial charge in [0.05, 0.1) is 0 Å². The first-order valence-corrected chi connectivity index (χ1v) is 7.03. The first-order valence-electron chi connectivity index (χ1n) is 5.88. The van der Waals surface area contributed by atoms with Crippen molar-refractivity contribution < 1.29 is 4.79 Å². The molecular formula is C12H20OS. The van der Waals surface area contributed by atoms with E-state index in [4.69, 9.17) is 0 Å². The van der Waals surface area contributed by atoms with E-state index in [9.17, 15) is 4.79 Å². The maximum absolute atomic E-state index is 11.9. The van der Waals surface area contributed by atoms with E-state index in [1.165, 1.54) is 37.2 Å². The Morgan fingerprint density at radius 1 is 1.29 bits per heavy atom. The highest BCUT2D eigenvalue weighted by Crippen LogP contribution is 2.38. The van der Waals surface area contributed by atoms with Crippen LogP contribution in [0.2, 0.25) is 0 Å². The number of carbonyl (C=O) groups is 1. The van der Waals surface area contributed by atoms with Gasteiger partial charge in [-0.3, -0.25) is 4.79 Å². The molecule has 1 saturated heterocycles. The number of hydrogen-bond donors (Lipinski definition) is 0. The molecule has 0 N–H and O–H groups in total. The molecule has 0 spiro atoms. The van der Waals surface area contributed by atoms with Crippen LogP contribution in [-0.4, -0.2) is 17.3 Å². The average molecular weight is 212 g/mol. The summed E-state index contributed by atoms with van der Waals surface area (Å²) >= 11 is 2.04. The smallest absolute Gasteiger partial charge is 0.136 e. The number of thioether (sulfide) groups is 1. The van der Waals surface area contributed by atoms with E-state index in [0.29, 0.717) is 17.6 Å². The Hall–Kier alpha value is 0.0200. The van der Waals surface area contributed by atoms with Crippen molar-refractivity contribution in [1.29, 1.82) is 0 Å². The summed E-state index contributed by atoms with van der Waals surface area (Å²) in [7, 11) is 0. The lowest BCUT2D eigenvalue weighted by atomic mass is 9.89. The van der Waals surface area contributed by atoms with Crippen molar-refractivity contribution in [2.45, 2.75) is 39.0 Å². The van der Waals surface area contributed by atoms with Crippen LogP contribution in [0.15, 0.2) is 0 Å². The van der Waals surface area contributed by atoms with Crippen LogP contribution < -0.4 is 0 Å². The van der Waals surface area contributed by atoms with Gasteiger partial charge >= 0.3 is 0 Å². The fraction of sp³-hybridized carbons (Fsp3) is 0.917. The van der Waals surface area contributed by atoms with Gasteiger partial charge in [-0.25, -0.2) is 0 Å². The minimum absolute atomic E-state index is 0.365. The first kappa shape index (κ1) is 10.5. The Kier molecular flexibility index (Phi) is 3.53. The van der Waals surface area contributed by atoms with Crippen molar-refractivity contribution in [2.75, 3.05) is 11.5 Å². The third-order valence-corrected chi connectivity index (χ3v) is 4.72. The van der Waals surface area contributed by atoms with Crippen LogP contribution >= 0.6 is 11.8 Å². The largest absolute Gasteiger partial charge is 0.299 e. The van der Waals surface area contributed by atoms with Crippen molar-refractivity contribution >= 4 is 17.5 Å². The second-order valence-electron chi connectivity index (χ2n) is 4.85. The van der Waals surface area contributed by atoms with E-state index in [1.54, 1.807) is 0 Å². The quantitative estimate of drug-likeness (QED) is 0.712. The molecule has 2 aliphatic rings. The highest BCUT2D eigenvalue weighted by atomic mass is 32.2. The molecule has 0 amide bonds. The third kappa shape index (κ3) is 2.75. The number of Topliss-reactive ketones (excluding diaryl/α,β-unsaturated/α-hetero) is 1. The SMILES string of the molecule is CC(C(=O)CC1CCSCC1)C1CC1. The van der Waals surface area contributed by atoms with Crippen LogP contribution in [0.1, 0.15) is 39.0 Å². The summed E-state index contributed by atoms with van der Waals surface area (Å²) in [5.74, 6) is 4.92. The minimum atomic E-state index is 0.365. The highest BCUT2D eigenvalue weighted by Gasteiger charge is 2.33. The zero-order valence-corrected chi connectivity index (χ0v) is 9.81. The summed E-state index contributed by atoms with van der Waals surface area (Å²) in [6.45, 7) is 2.14. The monoisotopic (exact) mass is 212 g/mol. The molecule has 0 aromatic rings. The Morgan fingerprint density at radius 3 is 2.50 bits per heavy atom. The lowest BCUT2D eigenvalue weighted by Gasteiger charge is -2.21. The molecule has 1 aliphatic heterocycles. The summed E-state index contributed by atoms with van der Waals surface area (Å²) < 4.78 is 0. The first-order chi connectivity index (χ1) is 6.77. The van der Waals surface area contributed by atoms with Crippen LogP contribution in [0.3, 0.4) is 0 Å². The second-order valence-corrected chi connectivity index (χ2v) is 6.08. The van der Waals surface area contributed by atoms with Crippen molar-refractivity contribution in [3.8, 4) is 0 Å². The molecule has 1 nitrogen and oxygen atoms in total. The lowest BCUT2D eigenvalue weighted by Crippen LogP contribution is -2.20. The maximum atomic E-state index is 11.9. The predicted molar refractivity (Wildman–Crippen MR) is 61.6 cm³/mol. The molecule has 1 atom stereocenters. The summed E-state index contributed by atoms with van der Waals surface area (Å²) in [5, 5.41) is 0. The van der Waals surface area contributed by atoms with Gasteiger partial charge in [0.2, 0.25) is 0 Å². The molecular weight excluding hydrogens is 192 g/mol. The van der Waals surface area contributed by atoms with E-state index >= 15 is 0 Å². The van der Waals surface area contributed by atoms with Crippen LogP contribution in [-0.2, 0) is 4.79 Å². The molecule has 2 fully saturated rings. The van der Waals surface area contributed by atoms with E-state index in [1.807, 2.05) is 11.8 Å². The number of carbonyl (C=O) groups excluding carboxylic acids is 1. The van der Waals surface area contributed by atoms with Crippen LogP contribution in [0.25, 0.3) is 0 Å². The summed E-state index contributed by atoms with van der Waals surface area (Å²) in [5.41, 5.74) is 0. The molecule has 14 heavy (non-hydrogen) atoms. The molecule has 0 radical (unpaired) electrons. The summed E-state index contributed by atoms with van der Waals surface area (Å²) in [6, 6.07) is 0. The zero-order valence-electron chi connectivity index (χ0n) is 9.00. The summed E-state index contributed by atoms with van der Waals surface area (Å²) in [6.07, 6.45) is 6.01. The van der Waals surface area contributed by atoms with Crippen LogP contribution in [0.4, 0.5) is 0 Å². The number of rotatable bonds is 4.